The second kappa shape index (κ2) is 6.16. The lowest BCUT2D eigenvalue weighted by Crippen LogP contribution is -2.14. The maximum Gasteiger partial charge on any atom is 0.160 e. The number of pyridine rings is 1. The molecular formula is C13H19ClN4. The molecule has 4 nitrogen and oxygen atoms in total. The lowest BCUT2D eigenvalue weighted by atomic mass is 10.3. The van der Waals surface area contributed by atoms with Crippen molar-refractivity contribution >= 4 is 22.8 Å². The Hall–Kier alpha value is -1.13. The fourth-order valence-electron chi connectivity index (χ4n) is 2.04. The van der Waals surface area contributed by atoms with Gasteiger partial charge in [-0.25, -0.2) is 9.97 Å². The molecule has 18 heavy (non-hydrogen) atoms. The van der Waals surface area contributed by atoms with Crippen LogP contribution in [0, 0.1) is 0 Å². The van der Waals surface area contributed by atoms with Crippen molar-refractivity contribution < 1.29 is 0 Å². The van der Waals surface area contributed by atoms with Crippen LogP contribution in [0.1, 0.15) is 18.7 Å². The highest BCUT2D eigenvalue weighted by molar-refractivity contribution is 6.16. The van der Waals surface area contributed by atoms with Gasteiger partial charge in [-0.05, 0) is 45.6 Å². The van der Waals surface area contributed by atoms with Crippen LogP contribution in [-0.4, -0.2) is 40.1 Å². The van der Waals surface area contributed by atoms with Crippen LogP contribution in [0.5, 0.6) is 0 Å². The van der Waals surface area contributed by atoms with Gasteiger partial charge >= 0.3 is 0 Å². The summed E-state index contributed by atoms with van der Waals surface area (Å²) < 4.78 is 2.14. The number of aryl methyl sites for hydroxylation is 1. The number of nitrogens with zero attached hydrogens (tertiary/aromatic N) is 4. The van der Waals surface area contributed by atoms with Crippen molar-refractivity contribution in [3.63, 3.8) is 0 Å². The molecule has 0 aliphatic heterocycles. The Labute approximate surface area is 113 Å². The van der Waals surface area contributed by atoms with Crippen LogP contribution in [0.25, 0.3) is 11.2 Å². The second-order valence-corrected chi connectivity index (χ2v) is 4.94. The van der Waals surface area contributed by atoms with Gasteiger partial charge in [0.05, 0.1) is 5.88 Å². The molecule has 2 rings (SSSR count). The zero-order valence-electron chi connectivity index (χ0n) is 10.9. The lowest BCUT2D eigenvalue weighted by Gasteiger charge is -2.10. The van der Waals surface area contributed by atoms with Crippen LogP contribution >= 0.6 is 11.6 Å². The van der Waals surface area contributed by atoms with E-state index in [0.29, 0.717) is 5.88 Å². The maximum absolute atomic E-state index is 5.95. The molecule has 2 heterocycles. The Morgan fingerprint density at radius 1 is 1.33 bits per heavy atom. The van der Waals surface area contributed by atoms with E-state index >= 15 is 0 Å². The maximum atomic E-state index is 5.95. The number of hydrogen-bond donors (Lipinski definition) is 0. The first kappa shape index (κ1) is 13.3. The van der Waals surface area contributed by atoms with E-state index in [4.69, 9.17) is 11.6 Å². The minimum absolute atomic E-state index is 0.435. The van der Waals surface area contributed by atoms with Crippen molar-refractivity contribution in [1.82, 2.24) is 19.4 Å². The van der Waals surface area contributed by atoms with Gasteiger partial charge in [0, 0.05) is 12.7 Å². The molecular weight excluding hydrogens is 248 g/mol. The molecule has 98 valence electrons. The quantitative estimate of drug-likeness (QED) is 0.595. The third-order valence-electron chi connectivity index (χ3n) is 2.94. The van der Waals surface area contributed by atoms with E-state index in [1.165, 1.54) is 6.42 Å². The molecule has 2 aromatic rings. The van der Waals surface area contributed by atoms with Crippen LogP contribution in [0.2, 0.25) is 0 Å². The van der Waals surface area contributed by atoms with E-state index < -0.39 is 0 Å². The van der Waals surface area contributed by atoms with Gasteiger partial charge in [-0.1, -0.05) is 0 Å². The number of imidazole rings is 1. The van der Waals surface area contributed by atoms with Crippen molar-refractivity contribution in [3.8, 4) is 0 Å². The van der Waals surface area contributed by atoms with Crippen molar-refractivity contribution in [2.24, 2.45) is 0 Å². The number of fused-ring (bicyclic) bond motifs is 1. The fraction of sp³-hybridized carbons (Fsp3) is 0.538. The van der Waals surface area contributed by atoms with Crippen molar-refractivity contribution in [2.75, 3.05) is 20.6 Å². The van der Waals surface area contributed by atoms with Gasteiger partial charge in [0.2, 0.25) is 0 Å². The van der Waals surface area contributed by atoms with Gasteiger partial charge in [-0.3, -0.25) is 0 Å². The number of hydrogen-bond acceptors (Lipinski definition) is 3. The molecule has 0 aromatic carbocycles. The van der Waals surface area contributed by atoms with E-state index in [9.17, 15) is 0 Å². The van der Waals surface area contributed by atoms with Gasteiger partial charge in [-0.2, -0.15) is 0 Å². The molecule has 0 aliphatic carbocycles. The first-order valence-electron chi connectivity index (χ1n) is 6.23. The van der Waals surface area contributed by atoms with Crippen LogP contribution < -0.4 is 0 Å². The zero-order chi connectivity index (χ0) is 13.0. The lowest BCUT2D eigenvalue weighted by molar-refractivity contribution is 0.387. The SMILES string of the molecule is CN(C)CCCCn1c(CCl)nc2cccnc21. The summed E-state index contributed by atoms with van der Waals surface area (Å²) in [7, 11) is 4.19. The smallest absolute Gasteiger partial charge is 0.160 e. The van der Waals surface area contributed by atoms with Gasteiger partial charge in [0.25, 0.3) is 0 Å². The number of alkyl halides is 1. The van der Waals surface area contributed by atoms with Gasteiger partial charge in [0.15, 0.2) is 5.65 Å². The average Bonchev–Trinajstić information content (AvgIpc) is 2.72. The Kier molecular flexibility index (Phi) is 4.55. The minimum Gasteiger partial charge on any atom is -0.312 e. The molecule has 0 N–H and O–H groups in total. The second-order valence-electron chi connectivity index (χ2n) is 4.67. The Balaban J connectivity index is 2.10. The molecule has 0 fully saturated rings. The first-order chi connectivity index (χ1) is 8.72. The standard InChI is InChI=1S/C13H19ClN4/c1-17(2)8-3-4-9-18-12(10-14)16-11-6-5-7-15-13(11)18/h5-7H,3-4,8-10H2,1-2H3. The average molecular weight is 267 g/mol. The number of aromatic nitrogens is 3. The largest absolute Gasteiger partial charge is 0.312 e. The summed E-state index contributed by atoms with van der Waals surface area (Å²) in [6.07, 6.45) is 4.09. The van der Waals surface area contributed by atoms with Crippen molar-refractivity contribution in [2.45, 2.75) is 25.3 Å². The van der Waals surface area contributed by atoms with Gasteiger partial charge < -0.3 is 9.47 Å². The summed E-state index contributed by atoms with van der Waals surface area (Å²) in [6, 6.07) is 3.89. The molecule has 0 bridgehead atoms. The summed E-state index contributed by atoms with van der Waals surface area (Å²) >= 11 is 5.95. The van der Waals surface area contributed by atoms with E-state index in [1.807, 2.05) is 12.1 Å². The van der Waals surface area contributed by atoms with Crippen LogP contribution in [0.15, 0.2) is 18.3 Å². The summed E-state index contributed by atoms with van der Waals surface area (Å²) in [5.74, 6) is 1.35. The highest BCUT2D eigenvalue weighted by atomic mass is 35.5. The minimum atomic E-state index is 0.435. The van der Waals surface area contributed by atoms with Crippen molar-refractivity contribution in [3.05, 3.63) is 24.2 Å². The third kappa shape index (κ3) is 3.00. The molecule has 0 unspecified atom stereocenters. The number of halogens is 1. The third-order valence-corrected chi connectivity index (χ3v) is 3.18. The molecule has 0 radical (unpaired) electrons. The molecule has 0 amide bonds. The molecule has 0 spiro atoms. The molecule has 0 saturated heterocycles. The summed E-state index contributed by atoms with van der Waals surface area (Å²) in [4.78, 5) is 11.1. The molecule has 5 heteroatoms. The Morgan fingerprint density at radius 3 is 2.89 bits per heavy atom. The predicted molar refractivity (Wildman–Crippen MR) is 74.9 cm³/mol. The fourth-order valence-corrected chi connectivity index (χ4v) is 2.24. The first-order valence-corrected chi connectivity index (χ1v) is 6.76. The Morgan fingerprint density at radius 2 is 2.17 bits per heavy atom. The predicted octanol–water partition coefficient (Wildman–Crippen LogP) is 2.51. The highest BCUT2D eigenvalue weighted by Crippen LogP contribution is 2.16. The Bertz CT molecular complexity index is 507. The summed E-state index contributed by atoms with van der Waals surface area (Å²) in [5, 5.41) is 0. The van der Waals surface area contributed by atoms with Crippen LogP contribution in [0.3, 0.4) is 0 Å². The monoisotopic (exact) mass is 266 g/mol. The van der Waals surface area contributed by atoms with Crippen molar-refractivity contribution in [1.29, 1.82) is 0 Å². The molecule has 2 aromatic heterocycles. The molecule has 0 atom stereocenters. The van der Waals surface area contributed by atoms with E-state index in [1.54, 1.807) is 6.20 Å². The normalized spacial score (nSPS) is 11.6. The zero-order valence-corrected chi connectivity index (χ0v) is 11.7. The number of unbranched alkanes of at least 4 members (excludes halogenated alkanes) is 1. The molecule has 0 saturated carbocycles. The number of rotatable bonds is 6. The molecule has 0 aliphatic rings. The van der Waals surface area contributed by atoms with E-state index in [2.05, 4.69) is 33.5 Å². The highest BCUT2D eigenvalue weighted by Gasteiger charge is 2.09. The van der Waals surface area contributed by atoms with E-state index in [-0.39, 0.29) is 0 Å². The topological polar surface area (TPSA) is 34.0 Å². The van der Waals surface area contributed by atoms with E-state index in [0.717, 1.165) is 36.5 Å². The van der Waals surface area contributed by atoms with Gasteiger partial charge in [-0.15, -0.1) is 11.6 Å². The van der Waals surface area contributed by atoms with Crippen LogP contribution in [-0.2, 0) is 12.4 Å². The van der Waals surface area contributed by atoms with Crippen LogP contribution in [0.4, 0.5) is 0 Å². The van der Waals surface area contributed by atoms with Gasteiger partial charge in [0.1, 0.15) is 11.3 Å². The summed E-state index contributed by atoms with van der Waals surface area (Å²) in [5.41, 5.74) is 1.87. The summed E-state index contributed by atoms with van der Waals surface area (Å²) in [6.45, 7) is 2.04.